The highest BCUT2D eigenvalue weighted by Crippen LogP contribution is 2.12. The normalized spacial score (nSPS) is 12.7. The molecule has 1 rings (SSSR count). The van der Waals surface area contributed by atoms with Crippen LogP contribution in [0.2, 0.25) is 0 Å². The largest absolute Gasteiger partial charge is 0.311 e. The van der Waals surface area contributed by atoms with E-state index < -0.39 is 27.2 Å². The fraction of sp³-hybridized carbons (Fsp3) is 0.500. The van der Waals surface area contributed by atoms with Crippen molar-refractivity contribution in [2.24, 2.45) is 0 Å². The first-order chi connectivity index (χ1) is 8.61. The molecular formula is C12H18F2N2O2S. The third-order valence-corrected chi connectivity index (χ3v) is 3.32. The molecule has 1 aromatic rings. The quantitative estimate of drug-likeness (QED) is 0.833. The Kier molecular flexibility index (Phi) is 5.00. The molecule has 4 nitrogen and oxygen atoms in total. The number of hydrogen-bond donors (Lipinski definition) is 2. The molecule has 0 aromatic heterocycles. The van der Waals surface area contributed by atoms with Gasteiger partial charge in [-0.2, -0.15) is 0 Å². The van der Waals surface area contributed by atoms with Gasteiger partial charge in [0.05, 0.1) is 6.26 Å². The minimum atomic E-state index is -3.33. The smallest absolute Gasteiger partial charge is 0.209 e. The van der Waals surface area contributed by atoms with Crippen molar-refractivity contribution in [2.45, 2.75) is 25.9 Å². The molecule has 0 unspecified atom stereocenters. The molecule has 0 saturated heterocycles. The summed E-state index contributed by atoms with van der Waals surface area (Å²) in [6.45, 7) is 3.60. The summed E-state index contributed by atoms with van der Waals surface area (Å²) in [5.41, 5.74) is -0.798. The van der Waals surface area contributed by atoms with Gasteiger partial charge in [-0.05, 0) is 26.0 Å². The van der Waals surface area contributed by atoms with Crippen molar-refractivity contribution in [3.63, 3.8) is 0 Å². The van der Waals surface area contributed by atoms with Crippen LogP contribution in [-0.4, -0.2) is 26.8 Å². The fourth-order valence-corrected chi connectivity index (χ4v) is 2.82. The van der Waals surface area contributed by atoms with Crippen LogP contribution in [0.4, 0.5) is 8.78 Å². The Labute approximate surface area is 112 Å². The molecule has 108 valence electrons. The lowest BCUT2D eigenvalue weighted by atomic mass is 10.1. The summed E-state index contributed by atoms with van der Waals surface area (Å²) >= 11 is 0. The molecule has 0 atom stereocenters. The van der Waals surface area contributed by atoms with Crippen LogP contribution in [0.15, 0.2) is 18.2 Å². The average molecular weight is 292 g/mol. The summed E-state index contributed by atoms with van der Waals surface area (Å²) < 4.78 is 51.4. The Morgan fingerprint density at radius 1 is 1.21 bits per heavy atom. The highest BCUT2D eigenvalue weighted by molar-refractivity contribution is 7.88. The molecule has 2 N–H and O–H groups in total. The SMILES string of the molecule is CC(C)(CNCc1c(F)cccc1F)NS(C)(=O)=O. The zero-order valence-corrected chi connectivity index (χ0v) is 11.9. The number of sulfonamides is 1. The molecule has 0 radical (unpaired) electrons. The maximum absolute atomic E-state index is 13.3. The average Bonchev–Trinajstić information content (AvgIpc) is 2.18. The zero-order chi connectivity index (χ0) is 14.7. The van der Waals surface area contributed by atoms with Crippen LogP contribution >= 0.6 is 0 Å². The Bertz CT molecular complexity index is 524. The molecule has 0 bridgehead atoms. The van der Waals surface area contributed by atoms with E-state index >= 15 is 0 Å². The minimum Gasteiger partial charge on any atom is -0.311 e. The Hall–Kier alpha value is -1.05. The van der Waals surface area contributed by atoms with Crippen molar-refractivity contribution in [2.75, 3.05) is 12.8 Å². The summed E-state index contributed by atoms with van der Waals surface area (Å²) in [6.07, 6.45) is 1.06. The van der Waals surface area contributed by atoms with Crippen molar-refractivity contribution in [1.29, 1.82) is 0 Å². The number of halogens is 2. The van der Waals surface area contributed by atoms with Gasteiger partial charge in [0.25, 0.3) is 0 Å². The van der Waals surface area contributed by atoms with E-state index in [0.717, 1.165) is 6.26 Å². The molecule has 0 saturated carbocycles. The molecule has 0 heterocycles. The maximum Gasteiger partial charge on any atom is 0.209 e. The second-order valence-electron chi connectivity index (χ2n) is 5.06. The number of rotatable bonds is 6. The van der Waals surface area contributed by atoms with Gasteiger partial charge in [0.1, 0.15) is 11.6 Å². The van der Waals surface area contributed by atoms with Gasteiger partial charge in [-0.3, -0.25) is 0 Å². The Morgan fingerprint density at radius 3 is 2.21 bits per heavy atom. The van der Waals surface area contributed by atoms with Crippen LogP contribution in [0, 0.1) is 11.6 Å². The lowest BCUT2D eigenvalue weighted by Crippen LogP contribution is -2.49. The van der Waals surface area contributed by atoms with Crippen molar-refractivity contribution in [1.82, 2.24) is 10.0 Å². The highest BCUT2D eigenvalue weighted by Gasteiger charge is 2.21. The fourth-order valence-electron chi connectivity index (χ4n) is 1.74. The molecule has 0 aliphatic carbocycles. The molecule has 0 fully saturated rings. The molecule has 19 heavy (non-hydrogen) atoms. The van der Waals surface area contributed by atoms with Gasteiger partial charge in [0, 0.05) is 24.2 Å². The van der Waals surface area contributed by atoms with E-state index in [1.54, 1.807) is 13.8 Å². The third kappa shape index (κ3) is 5.63. The lowest BCUT2D eigenvalue weighted by molar-refractivity contribution is 0.415. The van der Waals surface area contributed by atoms with Crippen molar-refractivity contribution < 1.29 is 17.2 Å². The number of benzene rings is 1. The molecule has 0 aliphatic rings. The van der Waals surface area contributed by atoms with Crippen molar-refractivity contribution in [3.05, 3.63) is 35.4 Å². The molecular weight excluding hydrogens is 274 g/mol. The van der Waals surface area contributed by atoms with E-state index in [1.165, 1.54) is 18.2 Å². The van der Waals surface area contributed by atoms with Crippen LogP contribution < -0.4 is 10.0 Å². The summed E-state index contributed by atoms with van der Waals surface area (Å²) in [5, 5.41) is 2.84. The summed E-state index contributed by atoms with van der Waals surface area (Å²) in [4.78, 5) is 0. The number of hydrogen-bond acceptors (Lipinski definition) is 3. The van der Waals surface area contributed by atoms with Gasteiger partial charge in [0.2, 0.25) is 10.0 Å². The topological polar surface area (TPSA) is 58.2 Å². The summed E-state index contributed by atoms with van der Waals surface area (Å²) in [7, 11) is -3.33. The van der Waals surface area contributed by atoms with Crippen LogP contribution in [0.3, 0.4) is 0 Å². The van der Waals surface area contributed by atoms with E-state index in [4.69, 9.17) is 0 Å². The van der Waals surface area contributed by atoms with E-state index in [0.29, 0.717) is 0 Å². The van der Waals surface area contributed by atoms with Gasteiger partial charge < -0.3 is 5.32 Å². The van der Waals surface area contributed by atoms with Crippen molar-refractivity contribution in [3.8, 4) is 0 Å². The van der Waals surface area contributed by atoms with Gasteiger partial charge in [-0.25, -0.2) is 21.9 Å². The predicted octanol–water partition coefficient (Wildman–Crippen LogP) is 1.38. The van der Waals surface area contributed by atoms with E-state index in [2.05, 4.69) is 10.0 Å². The third-order valence-electron chi connectivity index (χ3n) is 2.39. The molecule has 0 spiro atoms. The highest BCUT2D eigenvalue weighted by atomic mass is 32.2. The van der Waals surface area contributed by atoms with Gasteiger partial charge in [0.15, 0.2) is 0 Å². The maximum atomic E-state index is 13.3. The van der Waals surface area contributed by atoms with E-state index in [-0.39, 0.29) is 18.7 Å². The summed E-state index contributed by atoms with van der Waals surface area (Å²) in [6, 6.07) is 3.66. The van der Waals surface area contributed by atoms with Crippen LogP contribution in [-0.2, 0) is 16.6 Å². The first kappa shape index (κ1) is 16.0. The van der Waals surface area contributed by atoms with Gasteiger partial charge in [-0.1, -0.05) is 6.07 Å². The summed E-state index contributed by atoms with van der Waals surface area (Å²) in [5.74, 6) is -1.25. The van der Waals surface area contributed by atoms with Crippen molar-refractivity contribution >= 4 is 10.0 Å². The Balaban J connectivity index is 2.59. The predicted molar refractivity (Wildman–Crippen MR) is 70.1 cm³/mol. The molecule has 0 aliphatic heterocycles. The number of nitrogens with one attached hydrogen (secondary N) is 2. The van der Waals surface area contributed by atoms with Crippen LogP contribution in [0.5, 0.6) is 0 Å². The second-order valence-corrected chi connectivity index (χ2v) is 6.81. The van der Waals surface area contributed by atoms with Gasteiger partial charge in [-0.15, -0.1) is 0 Å². The first-order valence-corrected chi connectivity index (χ1v) is 7.62. The monoisotopic (exact) mass is 292 g/mol. The van der Waals surface area contributed by atoms with Crippen LogP contribution in [0.1, 0.15) is 19.4 Å². The standard InChI is InChI=1S/C12H18F2N2O2S/c1-12(2,16-19(3,17)18)8-15-7-9-10(13)5-4-6-11(9)14/h4-6,15-16H,7-8H2,1-3H3. The molecule has 1 aromatic carbocycles. The lowest BCUT2D eigenvalue weighted by Gasteiger charge is -2.25. The first-order valence-electron chi connectivity index (χ1n) is 5.73. The van der Waals surface area contributed by atoms with E-state index in [1.807, 2.05) is 0 Å². The molecule has 0 amide bonds. The minimum absolute atomic E-state index is 0.00657. The van der Waals surface area contributed by atoms with Gasteiger partial charge >= 0.3 is 0 Å². The Morgan fingerprint density at radius 2 is 1.74 bits per heavy atom. The van der Waals surface area contributed by atoms with Crippen LogP contribution in [0.25, 0.3) is 0 Å². The second kappa shape index (κ2) is 5.94. The molecule has 7 heteroatoms. The van der Waals surface area contributed by atoms with E-state index in [9.17, 15) is 17.2 Å². The zero-order valence-electron chi connectivity index (χ0n) is 11.1.